The molecular formula is C19H27ClN2O4. The fraction of sp³-hybridized carbons (Fsp3) is 0.474. The minimum Gasteiger partial charge on any atom is -0.484 e. The van der Waals surface area contributed by atoms with Gasteiger partial charge >= 0.3 is 0 Å². The first-order valence-electron chi connectivity index (χ1n) is 8.36. The molecule has 0 radical (unpaired) electrons. The highest BCUT2D eigenvalue weighted by Gasteiger charge is 2.12. The van der Waals surface area contributed by atoms with Crippen LogP contribution in [0.4, 0.5) is 0 Å². The molecule has 0 spiro atoms. The first kappa shape index (κ1) is 22.0. The molecule has 0 aliphatic carbocycles. The topological polar surface area (TPSA) is 76.7 Å². The summed E-state index contributed by atoms with van der Waals surface area (Å²) >= 11 is 5.78. The van der Waals surface area contributed by atoms with Crippen LogP contribution in [0.15, 0.2) is 36.5 Å². The number of nitrogens with one attached hydrogen (secondary N) is 2. The molecule has 0 saturated heterocycles. The molecule has 144 valence electrons. The Balaban J connectivity index is 2.13. The minimum absolute atomic E-state index is 0.00958. The average Bonchev–Trinajstić information content (AvgIpc) is 2.53. The largest absolute Gasteiger partial charge is 0.484 e. The molecule has 2 N–H and O–H groups in total. The summed E-state index contributed by atoms with van der Waals surface area (Å²) in [6.45, 7) is 10.6. The van der Waals surface area contributed by atoms with Crippen molar-refractivity contribution in [3.63, 3.8) is 0 Å². The fourth-order valence-corrected chi connectivity index (χ4v) is 1.96. The van der Waals surface area contributed by atoms with Crippen LogP contribution in [0.5, 0.6) is 5.75 Å². The van der Waals surface area contributed by atoms with Crippen LogP contribution >= 0.6 is 11.6 Å². The van der Waals surface area contributed by atoms with E-state index >= 15 is 0 Å². The van der Waals surface area contributed by atoms with E-state index < -0.39 is 0 Å². The molecule has 26 heavy (non-hydrogen) atoms. The molecule has 0 aromatic heterocycles. The van der Waals surface area contributed by atoms with Gasteiger partial charge in [-0.2, -0.15) is 0 Å². The number of hydrogen-bond acceptors (Lipinski definition) is 4. The number of ether oxygens (including phenoxy) is 2. The molecule has 0 heterocycles. The Hall–Kier alpha value is -2.05. The second-order valence-corrected chi connectivity index (χ2v) is 7.48. The van der Waals surface area contributed by atoms with Crippen LogP contribution in [0.2, 0.25) is 5.02 Å². The van der Waals surface area contributed by atoms with Gasteiger partial charge in [0.15, 0.2) is 6.61 Å². The van der Waals surface area contributed by atoms with Crippen LogP contribution in [0, 0.1) is 5.41 Å². The Bertz CT molecular complexity index is 609. The lowest BCUT2D eigenvalue weighted by Crippen LogP contribution is -2.32. The molecule has 0 fully saturated rings. The number of carbonyl (C=O) groups is 2. The molecule has 0 bridgehead atoms. The first-order chi connectivity index (χ1) is 12.2. The van der Waals surface area contributed by atoms with Gasteiger partial charge in [-0.3, -0.25) is 9.59 Å². The molecule has 0 saturated carbocycles. The first-order valence-corrected chi connectivity index (χ1v) is 8.74. The third kappa shape index (κ3) is 10.7. The molecule has 0 aliphatic heterocycles. The summed E-state index contributed by atoms with van der Waals surface area (Å²) in [6, 6.07) is 6.75. The SMILES string of the molecule is C=C(CCNC(=O)COc1ccc(Cl)cc1)NC(=O)COCC(C)(C)C. The van der Waals surface area contributed by atoms with Gasteiger partial charge in [-0.05, 0) is 29.7 Å². The van der Waals surface area contributed by atoms with Crippen molar-refractivity contribution in [1.29, 1.82) is 0 Å². The number of amides is 2. The summed E-state index contributed by atoms with van der Waals surface area (Å²) in [4.78, 5) is 23.4. The van der Waals surface area contributed by atoms with Gasteiger partial charge in [0.1, 0.15) is 12.4 Å². The summed E-state index contributed by atoms with van der Waals surface area (Å²) in [7, 11) is 0. The van der Waals surface area contributed by atoms with Crippen molar-refractivity contribution in [3.05, 3.63) is 41.6 Å². The van der Waals surface area contributed by atoms with Gasteiger partial charge in [-0.25, -0.2) is 0 Å². The highest BCUT2D eigenvalue weighted by Crippen LogP contribution is 2.15. The van der Waals surface area contributed by atoms with E-state index in [1.807, 2.05) is 20.8 Å². The number of rotatable bonds is 10. The molecule has 1 aromatic carbocycles. The Morgan fingerprint density at radius 1 is 1.12 bits per heavy atom. The number of carbonyl (C=O) groups excluding carboxylic acids is 2. The number of benzene rings is 1. The monoisotopic (exact) mass is 382 g/mol. The summed E-state index contributed by atoms with van der Waals surface area (Å²) in [5.41, 5.74) is 0.531. The van der Waals surface area contributed by atoms with E-state index in [-0.39, 0.29) is 30.4 Å². The number of hydrogen-bond donors (Lipinski definition) is 2. The second kappa shape index (κ2) is 10.8. The Labute approximate surface area is 159 Å². The summed E-state index contributed by atoms with van der Waals surface area (Å²) in [6.07, 6.45) is 0.428. The maximum Gasteiger partial charge on any atom is 0.257 e. The zero-order valence-electron chi connectivity index (χ0n) is 15.6. The third-order valence-corrected chi connectivity index (χ3v) is 3.27. The van der Waals surface area contributed by atoms with Crippen LogP contribution in [-0.2, 0) is 14.3 Å². The molecule has 1 rings (SSSR count). The molecular weight excluding hydrogens is 356 g/mol. The molecule has 6 nitrogen and oxygen atoms in total. The lowest BCUT2D eigenvalue weighted by atomic mass is 9.99. The minimum atomic E-state index is -0.257. The van der Waals surface area contributed by atoms with E-state index in [1.165, 1.54) is 0 Å². The quantitative estimate of drug-likeness (QED) is 0.652. The predicted octanol–water partition coefficient (Wildman–Crippen LogP) is 2.92. The van der Waals surface area contributed by atoms with E-state index in [0.717, 1.165) is 0 Å². The second-order valence-electron chi connectivity index (χ2n) is 7.05. The van der Waals surface area contributed by atoms with Crippen molar-refractivity contribution in [1.82, 2.24) is 10.6 Å². The van der Waals surface area contributed by atoms with Crippen molar-refractivity contribution in [2.45, 2.75) is 27.2 Å². The Morgan fingerprint density at radius 3 is 2.38 bits per heavy atom. The van der Waals surface area contributed by atoms with Crippen molar-refractivity contribution >= 4 is 23.4 Å². The molecule has 2 amide bonds. The number of halogens is 1. The van der Waals surface area contributed by atoms with E-state index in [0.29, 0.717) is 36.0 Å². The molecule has 0 atom stereocenters. The van der Waals surface area contributed by atoms with Gasteiger partial charge < -0.3 is 20.1 Å². The van der Waals surface area contributed by atoms with Crippen molar-refractivity contribution < 1.29 is 19.1 Å². The van der Waals surface area contributed by atoms with Crippen LogP contribution in [0.25, 0.3) is 0 Å². The molecule has 0 aliphatic rings. The van der Waals surface area contributed by atoms with Gasteiger partial charge in [0.05, 0.1) is 6.61 Å². The van der Waals surface area contributed by atoms with Gasteiger partial charge in [0.25, 0.3) is 5.91 Å². The van der Waals surface area contributed by atoms with Crippen LogP contribution in [0.1, 0.15) is 27.2 Å². The van der Waals surface area contributed by atoms with E-state index in [9.17, 15) is 9.59 Å². The molecule has 0 unspecified atom stereocenters. The van der Waals surface area contributed by atoms with Crippen molar-refractivity contribution in [2.24, 2.45) is 5.41 Å². The van der Waals surface area contributed by atoms with E-state index in [2.05, 4.69) is 17.2 Å². The van der Waals surface area contributed by atoms with Gasteiger partial charge in [0.2, 0.25) is 5.91 Å². The predicted molar refractivity (Wildman–Crippen MR) is 102 cm³/mol. The zero-order chi connectivity index (χ0) is 19.6. The van der Waals surface area contributed by atoms with E-state index in [4.69, 9.17) is 21.1 Å². The third-order valence-electron chi connectivity index (χ3n) is 3.02. The Morgan fingerprint density at radius 2 is 1.77 bits per heavy atom. The maximum absolute atomic E-state index is 11.7. The lowest BCUT2D eigenvalue weighted by molar-refractivity contribution is -0.125. The van der Waals surface area contributed by atoms with Gasteiger partial charge in [-0.1, -0.05) is 39.0 Å². The summed E-state index contributed by atoms with van der Waals surface area (Å²) in [5, 5.41) is 5.95. The Kier molecular flexibility index (Phi) is 9.16. The maximum atomic E-state index is 11.7. The summed E-state index contributed by atoms with van der Waals surface area (Å²) < 4.78 is 10.7. The standard InChI is InChI=1S/C19H27ClN2O4/c1-14(22-18(24)11-25-13-19(2,3)4)9-10-21-17(23)12-26-16-7-5-15(20)6-8-16/h5-8H,1,9-13H2,2-4H3,(H,21,23)(H,22,24). The summed E-state index contributed by atoms with van der Waals surface area (Å²) in [5.74, 6) is 0.0562. The van der Waals surface area contributed by atoms with Gasteiger partial charge in [-0.15, -0.1) is 0 Å². The van der Waals surface area contributed by atoms with Crippen molar-refractivity contribution in [3.8, 4) is 5.75 Å². The molecule has 1 aromatic rings. The highest BCUT2D eigenvalue weighted by molar-refractivity contribution is 6.30. The van der Waals surface area contributed by atoms with Gasteiger partial charge in [0, 0.05) is 23.7 Å². The smallest absolute Gasteiger partial charge is 0.257 e. The normalized spacial score (nSPS) is 10.9. The van der Waals surface area contributed by atoms with Crippen LogP contribution in [-0.4, -0.2) is 38.2 Å². The fourth-order valence-electron chi connectivity index (χ4n) is 1.83. The van der Waals surface area contributed by atoms with Crippen LogP contribution in [0.3, 0.4) is 0 Å². The highest BCUT2D eigenvalue weighted by atomic mass is 35.5. The average molecular weight is 383 g/mol. The van der Waals surface area contributed by atoms with Crippen molar-refractivity contribution in [2.75, 3.05) is 26.4 Å². The van der Waals surface area contributed by atoms with Crippen LogP contribution < -0.4 is 15.4 Å². The van der Waals surface area contributed by atoms with E-state index in [1.54, 1.807) is 24.3 Å². The molecule has 7 heteroatoms. The lowest BCUT2D eigenvalue weighted by Gasteiger charge is -2.18. The zero-order valence-corrected chi connectivity index (χ0v) is 16.3.